The Morgan fingerprint density at radius 1 is 0.266 bits per heavy atom. The highest BCUT2D eigenvalue weighted by Crippen LogP contribution is 2.16. The molecule has 6 heteroatoms. The monoisotopic (exact) mass is 1100 g/mol. The zero-order valence-corrected chi connectivity index (χ0v) is 51.9. The third-order valence-electron chi connectivity index (χ3n) is 14.2. The third-order valence-corrected chi connectivity index (χ3v) is 14.2. The van der Waals surface area contributed by atoms with Crippen LogP contribution >= 0.6 is 0 Å². The molecule has 0 aliphatic carbocycles. The summed E-state index contributed by atoms with van der Waals surface area (Å²) < 4.78 is 16.9. The first kappa shape index (κ1) is 75.1. The van der Waals surface area contributed by atoms with Crippen LogP contribution in [0.4, 0.5) is 0 Å². The Bertz CT molecular complexity index is 1590. The first-order chi connectivity index (χ1) is 39.0. The number of carbonyl (C=O) groups is 3. The van der Waals surface area contributed by atoms with E-state index >= 15 is 0 Å². The summed E-state index contributed by atoms with van der Waals surface area (Å²) in [5.41, 5.74) is 0. The van der Waals surface area contributed by atoms with E-state index in [2.05, 4.69) is 130 Å². The van der Waals surface area contributed by atoms with Crippen molar-refractivity contribution in [2.75, 3.05) is 13.2 Å². The van der Waals surface area contributed by atoms with E-state index in [0.717, 1.165) is 122 Å². The molecule has 0 rings (SSSR count). The van der Waals surface area contributed by atoms with Crippen molar-refractivity contribution in [1.82, 2.24) is 0 Å². The van der Waals surface area contributed by atoms with Crippen molar-refractivity contribution in [3.63, 3.8) is 0 Å². The first-order valence-corrected chi connectivity index (χ1v) is 33.4. The molecule has 0 N–H and O–H groups in total. The second-order valence-corrected chi connectivity index (χ2v) is 22.0. The molecule has 0 heterocycles. The van der Waals surface area contributed by atoms with E-state index in [1.54, 1.807) is 0 Å². The maximum absolute atomic E-state index is 12.9. The molecule has 0 fully saturated rings. The Balaban J connectivity index is 4.37. The lowest BCUT2D eigenvalue weighted by molar-refractivity contribution is -0.167. The van der Waals surface area contributed by atoms with E-state index in [-0.39, 0.29) is 31.1 Å². The molecule has 0 spiro atoms. The summed E-state index contributed by atoms with van der Waals surface area (Å²) >= 11 is 0. The fraction of sp³-hybridized carbons (Fsp3) is 0.712. The molecule has 0 saturated carbocycles. The summed E-state index contributed by atoms with van der Waals surface area (Å²) in [6.07, 6.45) is 90.9. The van der Waals surface area contributed by atoms with Gasteiger partial charge >= 0.3 is 17.9 Å². The van der Waals surface area contributed by atoms with Gasteiger partial charge in [-0.05, 0) is 128 Å². The van der Waals surface area contributed by atoms with Crippen molar-refractivity contribution in [3.8, 4) is 0 Å². The standard InChI is InChI=1S/C73H124O6/c1-4-7-10-13-16-19-22-25-27-29-31-33-35-36-38-39-41-43-45-48-51-54-57-60-63-66-72(75)78-69-70(68-77-71(74)65-62-59-56-53-50-47-24-21-18-15-12-9-6-3)79-73(76)67-64-61-58-55-52-49-46-44-42-40-37-34-32-30-28-26-23-20-17-14-11-8-5-2/h7,10,16,19,21,23-27,30-33,36,38,41,43,70H,4-6,8-9,11-15,17-18,20,22,28-29,34-35,37,39-40,42,44-69H2,1-3H3/b10-7-,19-16-,24-21-,26-23-,27-25-,32-30-,33-31-,38-36-,43-41-. The van der Waals surface area contributed by atoms with Crippen LogP contribution in [-0.2, 0) is 28.6 Å². The fourth-order valence-electron chi connectivity index (χ4n) is 9.24. The molecule has 452 valence electrons. The third kappa shape index (κ3) is 64.8. The quantitative estimate of drug-likeness (QED) is 0.0261. The SMILES string of the molecule is CC/C=C\C/C=C\C/C=C\C/C=C\C/C=C\C/C=C\CCCCCCCCC(=O)OCC(COC(=O)CCCCCCC/C=C\CCCCCC)OC(=O)CCCCCCCCCCCCC/C=C\C/C=C\CCCCCCC. The van der Waals surface area contributed by atoms with Crippen molar-refractivity contribution >= 4 is 17.9 Å². The summed E-state index contributed by atoms with van der Waals surface area (Å²) in [6, 6.07) is 0. The molecular formula is C73H124O6. The second kappa shape index (κ2) is 66.6. The molecule has 79 heavy (non-hydrogen) atoms. The van der Waals surface area contributed by atoms with Crippen LogP contribution in [0.3, 0.4) is 0 Å². The van der Waals surface area contributed by atoms with Gasteiger partial charge in [0.2, 0.25) is 0 Å². The number of rotatable bonds is 60. The lowest BCUT2D eigenvalue weighted by atomic mass is 10.0. The number of unbranched alkanes of at least 4 members (excludes halogenated alkanes) is 31. The first-order valence-electron chi connectivity index (χ1n) is 33.4. The highest BCUT2D eigenvalue weighted by molar-refractivity contribution is 5.71. The maximum Gasteiger partial charge on any atom is 0.306 e. The predicted molar refractivity (Wildman–Crippen MR) is 343 cm³/mol. The van der Waals surface area contributed by atoms with Gasteiger partial charge in [0.15, 0.2) is 6.10 Å². The zero-order valence-electron chi connectivity index (χ0n) is 51.9. The van der Waals surface area contributed by atoms with Gasteiger partial charge < -0.3 is 14.2 Å². The van der Waals surface area contributed by atoms with Crippen LogP contribution in [0.2, 0.25) is 0 Å². The molecule has 0 aliphatic rings. The van der Waals surface area contributed by atoms with Crippen molar-refractivity contribution in [2.24, 2.45) is 0 Å². The van der Waals surface area contributed by atoms with Crippen LogP contribution < -0.4 is 0 Å². The molecular weight excluding hydrogens is 973 g/mol. The summed E-state index contributed by atoms with van der Waals surface area (Å²) in [6.45, 7) is 6.50. The number of hydrogen-bond donors (Lipinski definition) is 0. The average molecular weight is 1100 g/mol. The van der Waals surface area contributed by atoms with Crippen LogP contribution in [0, 0.1) is 0 Å². The Morgan fingerprint density at radius 3 is 0.797 bits per heavy atom. The molecule has 0 radical (unpaired) electrons. The smallest absolute Gasteiger partial charge is 0.306 e. The van der Waals surface area contributed by atoms with Gasteiger partial charge in [-0.25, -0.2) is 0 Å². The summed E-state index contributed by atoms with van der Waals surface area (Å²) in [4.78, 5) is 38.4. The molecule has 0 aliphatic heterocycles. The van der Waals surface area contributed by atoms with Gasteiger partial charge in [-0.3, -0.25) is 14.4 Å². The van der Waals surface area contributed by atoms with E-state index in [1.165, 1.54) is 154 Å². The van der Waals surface area contributed by atoms with Crippen LogP contribution in [0.15, 0.2) is 109 Å². The summed E-state index contributed by atoms with van der Waals surface area (Å²) in [7, 11) is 0. The Hall–Kier alpha value is -3.93. The Kier molecular flexibility index (Phi) is 63.3. The highest BCUT2D eigenvalue weighted by Gasteiger charge is 2.19. The van der Waals surface area contributed by atoms with Crippen molar-refractivity contribution < 1.29 is 28.6 Å². The molecule has 0 aromatic heterocycles. The number of allylic oxidation sites excluding steroid dienone is 18. The predicted octanol–water partition coefficient (Wildman–Crippen LogP) is 23.0. The summed E-state index contributed by atoms with van der Waals surface area (Å²) in [5, 5.41) is 0. The molecule has 0 bridgehead atoms. The topological polar surface area (TPSA) is 78.9 Å². The Morgan fingerprint density at radius 2 is 0.494 bits per heavy atom. The lowest BCUT2D eigenvalue weighted by Crippen LogP contribution is -2.30. The lowest BCUT2D eigenvalue weighted by Gasteiger charge is -2.18. The number of carbonyl (C=O) groups excluding carboxylic acids is 3. The second-order valence-electron chi connectivity index (χ2n) is 22.0. The van der Waals surface area contributed by atoms with Gasteiger partial charge in [-0.2, -0.15) is 0 Å². The van der Waals surface area contributed by atoms with E-state index in [1.807, 2.05) is 0 Å². The molecule has 0 aromatic carbocycles. The summed E-state index contributed by atoms with van der Waals surface area (Å²) in [5.74, 6) is -0.904. The van der Waals surface area contributed by atoms with E-state index in [4.69, 9.17) is 14.2 Å². The van der Waals surface area contributed by atoms with E-state index in [9.17, 15) is 14.4 Å². The maximum atomic E-state index is 12.9. The molecule has 1 unspecified atom stereocenters. The largest absolute Gasteiger partial charge is 0.462 e. The molecule has 0 saturated heterocycles. The van der Waals surface area contributed by atoms with Crippen LogP contribution in [0.1, 0.15) is 316 Å². The van der Waals surface area contributed by atoms with Gasteiger partial charge in [-0.15, -0.1) is 0 Å². The molecule has 1 atom stereocenters. The highest BCUT2D eigenvalue weighted by atomic mass is 16.6. The zero-order chi connectivity index (χ0) is 57.1. The van der Waals surface area contributed by atoms with Crippen LogP contribution in [0.5, 0.6) is 0 Å². The minimum atomic E-state index is -0.792. The van der Waals surface area contributed by atoms with Crippen LogP contribution in [-0.4, -0.2) is 37.2 Å². The minimum absolute atomic E-state index is 0.0878. The van der Waals surface area contributed by atoms with Gasteiger partial charge in [0.05, 0.1) is 0 Å². The molecule has 6 nitrogen and oxygen atoms in total. The number of ether oxygens (including phenoxy) is 3. The fourth-order valence-corrected chi connectivity index (χ4v) is 9.24. The minimum Gasteiger partial charge on any atom is -0.462 e. The van der Waals surface area contributed by atoms with Gasteiger partial charge in [0.1, 0.15) is 13.2 Å². The molecule has 0 aromatic rings. The van der Waals surface area contributed by atoms with Crippen molar-refractivity contribution in [1.29, 1.82) is 0 Å². The molecule has 0 amide bonds. The Labute approximate surface area is 489 Å². The number of esters is 3. The normalized spacial score (nSPS) is 12.8. The number of hydrogen-bond acceptors (Lipinski definition) is 6. The van der Waals surface area contributed by atoms with Crippen molar-refractivity contribution in [2.45, 2.75) is 322 Å². The van der Waals surface area contributed by atoms with Gasteiger partial charge in [0, 0.05) is 19.3 Å². The van der Waals surface area contributed by atoms with Gasteiger partial charge in [0.25, 0.3) is 0 Å². The van der Waals surface area contributed by atoms with E-state index in [0.29, 0.717) is 19.3 Å². The average Bonchev–Trinajstić information content (AvgIpc) is 3.45. The van der Waals surface area contributed by atoms with Crippen molar-refractivity contribution in [3.05, 3.63) is 109 Å². The van der Waals surface area contributed by atoms with E-state index < -0.39 is 6.10 Å². The van der Waals surface area contributed by atoms with Crippen LogP contribution in [0.25, 0.3) is 0 Å². The van der Waals surface area contributed by atoms with Gasteiger partial charge in [-0.1, -0.05) is 278 Å².